The van der Waals surface area contributed by atoms with Crippen LogP contribution in [0.3, 0.4) is 0 Å². The van der Waals surface area contributed by atoms with Crippen LogP contribution in [0.2, 0.25) is 0 Å². The number of hydrogen-bond acceptors (Lipinski definition) is 1. The van der Waals surface area contributed by atoms with Gasteiger partial charge in [0.25, 0.3) is 0 Å². The fraction of sp³-hybridized carbons (Fsp3) is 0.278. The first kappa shape index (κ1) is 12.2. The van der Waals surface area contributed by atoms with Gasteiger partial charge in [-0.2, -0.15) is 0 Å². The van der Waals surface area contributed by atoms with E-state index >= 15 is 0 Å². The van der Waals surface area contributed by atoms with E-state index in [1.165, 1.54) is 11.1 Å². The van der Waals surface area contributed by atoms with Crippen LogP contribution < -0.4 is 0 Å². The molecule has 0 atom stereocenters. The fourth-order valence-electron chi connectivity index (χ4n) is 2.86. The second-order valence-corrected chi connectivity index (χ2v) is 5.60. The number of aryl methyl sites for hydroxylation is 2. The Balaban J connectivity index is 2.01. The molecule has 0 aliphatic heterocycles. The Kier molecular flexibility index (Phi) is 2.78. The van der Waals surface area contributed by atoms with Gasteiger partial charge < -0.3 is 0 Å². The highest BCUT2D eigenvalue weighted by Crippen LogP contribution is 2.50. The molecule has 0 spiro atoms. The van der Waals surface area contributed by atoms with Crippen molar-refractivity contribution < 1.29 is 4.79 Å². The van der Waals surface area contributed by atoms with E-state index in [9.17, 15) is 4.79 Å². The first-order chi connectivity index (χ1) is 9.13. The van der Waals surface area contributed by atoms with E-state index in [1.807, 2.05) is 37.3 Å². The Labute approximate surface area is 114 Å². The van der Waals surface area contributed by atoms with Crippen molar-refractivity contribution in [1.29, 1.82) is 0 Å². The minimum Gasteiger partial charge on any atom is -0.293 e. The summed E-state index contributed by atoms with van der Waals surface area (Å²) in [5.74, 6) is 0.288. The number of carbonyl (C=O) groups excluding carboxylic acids is 1. The average molecular weight is 250 g/mol. The van der Waals surface area contributed by atoms with E-state index in [0.29, 0.717) is 0 Å². The van der Waals surface area contributed by atoms with Gasteiger partial charge in [0, 0.05) is 5.56 Å². The molecule has 3 rings (SSSR count). The predicted molar refractivity (Wildman–Crippen MR) is 77.6 cm³/mol. The molecule has 1 saturated carbocycles. The van der Waals surface area contributed by atoms with Crippen LogP contribution in [0, 0.1) is 13.8 Å². The topological polar surface area (TPSA) is 17.1 Å². The highest BCUT2D eigenvalue weighted by atomic mass is 16.1. The van der Waals surface area contributed by atoms with Gasteiger partial charge in [0.15, 0.2) is 5.78 Å². The molecule has 2 aromatic carbocycles. The van der Waals surface area contributed by atoms with Gasteiger partial charge in [-0.15, -0.1) is 0 Å². The molecule has 0 N–H and O–H groups in total. The van der Waals surface area contributed by atoms with Crippen molar-refractivity contribution in [3.8, 4) is 0 Å². The molecule has 96 valence electrons. The third-order valence-electron chi connectivity index (χ3n) is 4.14. The van der Waals surface area contributed by atoms with Crippen LogP contribution >= 0.6 is 0 Å². The zero-order chi connectivity index (χ0) is 13.5. The Morgan fingerprint density at radius 2 is 1.68 bits per heavy atom. The Morgan fingerprint density at radius 1 is 1.00 bits per heavy atom. The normalized spacial score (nSPS) is 16.1. The van der Waals surface area contributed by atoms with Crippen molar-refractivity contribution in [3.63, 3.8) is 0 Å². The summed E-state index contributed by atoms with van der Waals surface area (Å²) < 4.78 is 0. The van der Waals surface area contributed by atoms with Gasteiger partial charge in [0.05, 0.1) is 5.41 Å². The summed E-state index contributed by atoms with van der Waals surface area (Å²) in [7, 11) is 0. The Bertz CT molecular complexity index is 621. The number of carbonyl (C=O) groups is 1. The maximum absolute atomic E-state index is 12.9. The minimum absolute atomic E-state index is 0.249. The second-order valence-electron chi connectivity index (χ2n) is 5.60. The molecule has 19 heavy (non-hydrogen) atoms. The van der Waals surface area contributed by atoms with E-state index in [0.717, 1.165) is 24.0 Å². The lowest BCUT2D eigenvalue weighted by molar-refractivity contribution is 0.0945. The summed E-state index contributed by atoms with van der Waals surface area (Å²) in [5, 5.41) is 0. The lowest BCUT2D eigenvalue weighted by Crippen LogP contribution is -2.21. The zero-order valence-corrected chi connectivity index (χ0v) is 11.4. The third-order valence-corrected chi connectivity index (χ3v) is 4.14. The van der Waals surface area contributed by atoms with Crippen molar-refractivity contribution in [3.05, 3.63) is 70.8 Å². The quantitative estimate of drug-likeness (QED) is 0.745. The standard InChI is InChI=1S/C18H18O/c1-13-8-9-16(14(2)12-13)17(19)18(10-11-18)15-6-4-3-5-7-15/h3-9,12H,10-11H2,1-2H3. The molecule has 1 aliphatic rings. The van der Waals surface area contributed by atoms with Gasteiger partial charge in [-0.3, -0.25) is 4.79 Å². The molecule has 2 aromatic rings. The summed E-state index contributed by atoms with van der Waals surface area (Å²) in [4.78, 5) is 12.9. The summed E-state index contributed by atoms with van der Waals surface area (Å²) in [5.41, 5.74) is 4.10. The third kappa shape index (κ3) is 1.99. The van der Waals surface area contributed by atoms with Crippen molar-refractivity contribution >= 4 is 5.78 Å². The molecule has 0 bridgehead atoms. The molecule has 0 unspecified atom stereocenters. The van der Waals surface area contributed by atoms with E-state index in [-0.39, 0.29) is 11.2 Å². The minimum atomic E-state index is -0.249. The molecule has 1 nitrogen and oxygen atoms in total. The molecule has 1 fully saturated rings. The second kappa shape index (κ2) is 4.34. The van der Waals surface area contributed by atoms with Crippen LogP contribution in [0.15, 0.2) is 48.5 Å². The zero-order valence-electron chi connectivity index (χ0n) is 11.4. The summed E-state index contributed by atoms with van der Waals surface area (Å²) >= 11 is 0. The smallest absolute Gasteiger partial charge is 0.173 e. The molecule has 1 heteroatoms. The van der Waals surface area contributed by atoms with Crippen LogP contribution in [0.1, 0.15) is 39.9 Å². The van der Waals surface area contributed by atoms with Crippen LogP contribution in [0.4, 0.5) is 0 Å². The van der Waals surface area contributed by atoms with Crippen molar-refractivity contribution in [1.82, 2.24) is 0 Å². The van der Waals surface area contributed by atoms with Gasteiger partial charge in [0.2, 0.25) is 0 Å². The van der Waals surface area contributed by atoms with Gasteiger partial charge >= 0.3 is 0 Å². The van der Waals surface area contributed by atoms with Crippen molar-refractivity contribution in [2.24, 2.45) is 0 Å². The molecule has 0 amide bonds. The lowest BCUT2D eigenvalue weighted by Gasteiger charge is -2.16. The Hall–Kier alpha value is -1.89. The number of hydrogen-bond donors (Lipinski definition) is 0. The van der Waals surface area contributed by atoms with Crippen LogP contribution in [0.5, 0.6) is 0 Å². The van der Waals surface area contributed by atoms with Crippen molar-refractivity contribution in [2.45, 2.75) is 32.1 Å². The molecular formula is C18H18O. The molecule has 0 aromatic heterocycles. The van der Waals surface area contributed by atoms with Crippen molar-refractivity contribution in [2.75, 3.05) is 0 Å². The molecule has 0 saturated heterocycles. The fourth-order valence-corrected chi connectivity index (χ4v) is 2.86. The first-order valence-corrected chi connectivity index (χ1v) is 6.81. The largest absolute Gasteiger partial charge is 0.293 e. The highest BCUT2D eigenvalue weighted by molar-refractivity contribution is 6.07. The SMILES string of the molecule is Cc1ccc(C(=O)C2(c3ccccc3)CC2)c(C)c1. The van der Waals surface area contributed by atoms with Gasteiger partial charge in [-0.05, 0) is 37.8 Å². The van der Waals surface area contributed by atoms with E-state index in [4.69, 9.17) is 0 Å². The predicted octanol–water partition coefficient (Wildman–Crippen LogP) is 4.22. The van der Waals surface area contributed by atoms with E-state index < -0.39 is 0 Å². The first-order valence-electron chi connectivity index (χ1n) is 6.81. The molecule has 0 heterocycles. The summed E-state index contributed by atoms with van der Waals surface area (Å²) in [6, 6.07) is 16.3. The average Bonchev–Trinajstić information content (AvgIpc) is 3.20. The van der Waals surface area contributed by atoms with Gasteiger partial charge in [0.1, 0.15) is 0 Å². The highest BCUT2D eigenvalue weighted by Gasteiger charge is 2.51. The number of Topliss-reactive ketones (excluding diaryl/α,β-unsaturated/α-hetero) is 1. The van der Waals surface area contributed by atoms with Gasteiger partial charge in [-0.1, -0.05) is 54.1 Å². The number of benzene rings is 2. The van der Waals surface area contributed by atoms with E-state index in [2.05, 4.69) is 25.1 Å². The molecule has 1 aliphatic carbocycles. The maximum atomic E-state index is 12.9. The van der Waals surface area contributed by atoms with E-state index in [1.54, 1.807) is 0 Å². The lowest BCUT2D eigenvalue weighted by atomic mass is 9.86. The van der Waals surface area contributed by atoms with Crippen LogP contribution in [-0.2, 0) is 5.41 Å². The van der Waals surface area contributed by atoms with Gasteiger partial charge in [-0.25, -0.2) is 0 Å². The maximum Gasteiger partial charge on any atom is 0.173 e. The molecule has 0 radical (unpaired) electrons. The Morgan fingerprint density at radius 3 is 2.26 bits per heavy atom. The number of ketones is 1. The molecular weight excluding hydrogens is 232 g/mol. The summed E-state index contributed by atoms with van der Waals surface area (Å²) in [6.45, 7) is 4.09. The monoisotopic (exact) mass is 250 g/mol. The van der Waals surface area contributed by atoms with Crippen LogP contribution in [0.25, 0.3) is 0 Å². The summed E-state index contributed by atoms with van der Waals surface area (Å²) in [6.07, 6.45) is 1.95. The number of rotatable bonds is 3. The van der Waals surface area contributed by atoms with Crippen LogP contribution in [-0.4, -0.2) is 5.78 Å².